The van der Waals surface area contributed by atoms with Crippen molar-refractivity contribution in [2.45, 2.75) is 24.8 Å². The van der Waals surface area contributed by atoms with Crippen LogP contribution in [0.4, 0.5) is 17.6 Å². The second-order valence-corrected chi connectivity index (χ2v) is 4.54. The molecule has 9 heteroatoms. The van der Waals surface area contributed by atoms with Crippen molar-refractivity contribution >= 4 is 0 Å². The van der Waals surface area contributed by atoms with Crippen molar-refractivity contribution in [1.29, 1.82) is 0 Å². The Morgan fingerprint density at radius 3 is 2.74 bits per heavy atom. The van der Waals surface area contributed by atoms with E-state index in [0.29, 0.717) is 6.54 Å². The molecule has 0 amide bonds. The first-order valence-electron chi connectivity index (χ1n) is 5.62. The second kappa shape index (κ2) is 5.04. The Morgan fingerprint density at radius 1 is 1.42 bits per heavy atom. The normalized spacial score (nSPS) is 25.1. The van der Waals surface area contributed by atoms with E-state index in [1.807, 2.05) is 0 Å². The zero-order valence-corrected chi connectivity index (χ0v) is 10.2. The minimum Gasteiger partial charge on any atom is -0.416 e. The van der Waals surface area contributed by atoms with E-state index < -0.39 is 17.7 Å². The Kier molecular flexibility index (Phi) is 3.77. The number of nitrogens with zero attached hydrogens (tertiary/aromatic N) is 3. The maximum Gasteiger partial charge on any atom is 0.470 e. The first-order valence-corrected chi connectivity index (χ1v) is 5.62. The molecule has 0 aromatic carbocycles. The molecule has 1 saturated heterocycles. The lowest BCUT2D eigenvalue weighted by Gasteiger charge is -2.18. The highest BCUT2D eigenvalue weighted by Gasteiger charge is 2.40. The molecule has 0 aliphatic carbocycles. The third-order valence-corrected chi connectivity index (χ3v) is 2.85. The number of aromatic nitrogens is 2. The largest absolute Gasteiger partial charge is 0.470 e. The predicted molar refractivity (Wildman–Crippen MR) is 54.9 cm³/mol. The summed E-state index contributed by atoms with van der Waals surface area (Å²) < 4.78 is 60.1. The number of ether oxygens (including phenoxy) is 1. The van der Waals surface area contributed by atoms with Crippen molar-refractivity contribution in [3.05, 3.63) is 11.8 Å². The molecule has 0 bridgehead atoms. The van der Waals surface area contributed by atoms with Crippen LogP contribution in [0, 0.1) is 0 Å². The highest BCUT2D eigenvalue weighted by molar-refractivity contribution is 4.93. The molecule has 5 nitrogen and oxygen atoms in total. The number of hydrogen-bond donors (Lipinski definition) is 0. The summed E-state index contributed by atoms with van der Waals surface area (Å²) in [6, 6.07) is 0. The van der Waals surface area contributed by atoms with Gasteiger partial charge in [-0.15, -0.1) is 10.2 Å². The summed E-state index contributed by atoms with van der Waals surface area (Å²) >= 11 is 0. The molecule has 1 aliphatic heterocycles. The molecular formula is C10H13F4N3O2. The van der Waals surface area contributed by atoms with Crippen LogP contribution in [-0.2, 0) is 17.5 Å². The fourth-order valence-electron chi connectivity index (χ4n) is 2.05. The molecule has 2 rings (SSSR count). The lowest BCUT2D eigenvalue weighted by atomic mass is 10.1. The molecule has 0 saturated carbocycles. The number of halogens is 4. The molecule has 108 valence electrons. The number of rotatable bonds is 4. The van der Waals surface area contributed by atoms with Gasteiger partial charge < -0.3 is 9.15 Å². The minimum absolute atomic E-state index is 0.00152. The number of likely N-dealkylation sites (tertiary alicyclic amines) is 1. The van der Waals surface area contributed by atoms with E-state index in [9.17, 15) is 17.6 Å². The monoisotopic (exact) mass is 283 g/mol. The maximum atomic E-state index is 14.0. The van der Waals surface area contributed by atoms with Gasteiger partial charge in [0, 0.05) is 20.2 Å². The van der Waals surface area contributed by atoms with Crippen LogP contribution in [0.2, 0.25) is 0 Å². The van der Waals surface area contributed by atoms with Gasteiger partial charge in [0.1, 0.15) is 5.67 Å². The smallest absolute Gasteiger partial charge is 0.416 e. The van der Waals surface area contributed by atoms with E-state index in [1.54, 1.807) is 4.90 Å². The van der Waals surface area contributed by atoms with Crippen molar-refractivity contribution in [3.63, 3.8) is 0 Å². The Balaban J connectivity index is 1.94. The molecule has 1 aromatic heterocycles. The van der Waals surface area contributed by atoms with Gasteiger partial charge in [0.2, 0.25) is 5.89 Å². The summed E-state index contributed by atoms with van der Waals surface area (Å²) in [5.74, 6) is -1.56. The summed E-state index contributed by atoms with van der Waals surface area (Å²) in [6.07, 6.45) is -4.39. The van der Waals surface area contributed by atoms with Crippen molar-refractivity contribution in [2.24, 2.45) is 0 Å². The molecule has 1 unspecified atom stereocenters. The number of methoxy groups -OCH3 is 1. The van der Waals surface area contributed by atoms with Crippen molar-refractivity contribution in [1.82, 2.24) is 15.1 Å². The zero-order chi connectivity index (χ0) is 14.1. The molecule has 1 atom stereocenters. The highest BCUT2D eigenvalue weighted by atomic mass is 19.4. The Labute approximate surface area is 106 Å². The molecule has 1 fully saturated rings. The Morgan fingerprint density at radius 2 is 2.16 bits per heavy atom. The lowest BCUT2D eigenvalue weighted by Crippen LogP contribution is -2.33. The summed E-state index contributed by atoms with van der Waals surface area (Å²) in [6.45, 7) is 0.438. The van der Waals surface area contributed by atoms with Gasteiger partial charge >= 0.3 is 12.1 Å². The molecule has 0 N–H and O–H groups in total. The van der Waals surface area contributed by atoms with Crippen LogP contribution in [0.15, 0.2) is 4.42 Å². The van der Waals surface area contributed by atoms with Gasteiger partial charge in [-0.05, 0) is 6.42 Å². The van der Waals surface area contributed by atoms with E-state index in [-0.39, 0.29) is 32.0 Å². The van der Waals surface area contributed by atoms with Crippen LogP contribution in [0.25, 0.3) is 0 Å². The summed E-state index contributed by atoms with van der Waals surface area (Å²) in [5.41, 5.74) is -1.47. The third-order valence-electron chi connectivity index (χ3n) is 2.85. The van der Waals surface area contributed by atoms with Gasteiger partial charge in [-0.3, -0.25) is 4.90 Å². The van der Waals surface area contributed by atoms with Gasteiger partial charge in [-0.25, -0.2) is 4.39 Å². The van der Waals surface area contributed by atoms with Crippen LogP contribution >= 0.6 is 0 Å². The summed E-state index contributed by atoms with van der Waals surface area (Å²) in [7, 11) is 1.40. The van der Waals surface area contributed by atoms with Crippen molar-refractivity contribution < 1.29 is 26.7 Å². The Hall–Kier alpha value is -1.22. The predicted octanol–water partition coefficient (Wildman–Crippen LogP) is 1.65. The summed E-state index contributed by atoms with van der Waals surface area (Å²) in [5, 5.41) is 6.22. The molecule has 0 radical (unpaired) electrons. The first kappa shape index (κ1) is 14.2. The fraction of sp³-hybridized carbons (Fsp3) is 0.800. The van der Waals surface area contributed by atoms with E-state index in [1.165, 1.54) is 7.11 Å². The van der Waals surface area contributed by atoms with Crippen LogP contribution < -0.4 is 0 Å². The highest BCUT2D eigenvalue weighted by Crippen LogP contribution is 2.29. The van der Waals surface area contributed by atoms with E-state index in [0.717, 1.165) is 0 Å². The molecule has 19 heavy (non-hydrogen) atoms. The number of alkyl halides is 4. The topological polar surface area (TPSA) is 51.4 Å². The second-order valence-electron chi connectivity index (χ2n) is 4.54. The van der Waals surface area contributed by atoms with E-state index in [2.05, 4.69) is 14.6 Å². The van der Waals surface area contributed by atoms with Gasteiger partial charge in [0.05, 0.1) is 13.2 Å². The van der Waals surface area contributed by atoms with Crippen LogP contribution in [0.5, 0.6) is 0 Å². The molecular weight excluding hydrogens is 270 g/mol. The third kappa shape index (κ3) is 3.41. The van der Waals surface area contributed by atoms with Crippen LogP contribution in [0.3, 0.4) is 0 Å². The molecule has 1 aromatic rings. The zero-order valence-electron chi connectivity index (χ0n) is 10.2. The minimum atomic E-state index is -4.66. The van der Waals surface area contributed by atoms with E-state index >= 15 is 0 Å². The quantitative estimate of drug-likeness (QED) is 0.786. The van der Waals surface area contributed by atoms with Crippen LogP contribution in [-0.4, -0.2) is 47.6 Å². The maximum absolute atomic E-state index is 14.0. The average Bonchev–Trinajstić information content (AvgIpc) is 2.86. The van der Waals surface area contributed by atoms with Gasteiger partial charge in [0.25, 0.3) is 0 Å². The first-order chi connectivity index (χ1) is 8.82. The van der Waals surface area contributed by atoms with Gasteiger partial charge in [-0.2, -0.15) is 13.2 Å². The van der Waals surface area contributed by atoms with E-state index in [4.69, 9.17) is 4.74 Å². The van der Waals surface area contributed by atoms with Crippen LogP contribution in [0.1, 0.15) is 18.2 Å². The molecule has 2 heterocycles. The van der Waals surface area contributed by atoms with Crippen molar-refractivity contribution in [3.8, 4) is 0 Å². The summed E-state index contributed by atoms with van der Waals surface area (Å²) in [4.78, 5) is 1.62. The fourth-order valence-corrected chi connectivity index (χ4v) is 2.05. The van der Waals surface area contributed by atoms with Gasteiger partial charge in [-0.1, -0.05) is 0 Å². The standard InChI is InChI=1S/C10H13F4N3O2/c1-18-6-9(11)2-3-17(5-9)4-7-15-16-8(19-7)10(12,13)14/h2-6H2,1H3. The van der Waals surface area contributed by atoms with Crippen molar-refractivity contribution in [2.75, 3.05) is 26.8 Å². The average molecular weight is 283 g/mol. The SMILES string of the molecule is COCC1(F)CCN(Cc2nnc(C(F)(F)F)o2)C1. The number of hydrogen-bond acceptors (Lipinski definition) is 5. The lowest BCUT2D eigenvalue weighted by molar-refractivity contribution is -0.157. The Bertz CT molecular complexity index is 437. The molecule has 1 aliphatic rings. The van der Waals surface area contributed by atoms with Gasteiger partial charge in [0.15, 0.2) is 0 Å². The molecule has 0 spiro atoms.